The molecular weight excluding hydrogens is 258 g/mol. The summed E-state index contributed by atoms with van der Waals surface area (Å²) in [6.45, 7) is 3.54. The first-order chi connectivity index (χ1) is 9.52. The van der Waals surface area contributed by atoms with E-state index in [-0.39, 0.29) is 18.5 Å². The highest BCUT2D eigenvalue weighted by molar-refractivity contribution is 5.78. The molecule has 0 saturated heterocycles. The van der Waals surface area contributed by atoms with Crippen LogP contribution in [0.5, 0.6) is 0 Å². The summed E-state index contributed by atoms with van der Waals surface area (Å²) in [5.74, 6) is -0.345. The van der Waals surface area contributed by atoms with Crippen LogP contribution in [0.2, 0.25) is 0 Å². The predicted molar refractivity (Wildman–Crippen MR) is 76.7 cm³/mol. The molecule has 1 aromatic carbocycles. The molecule has 2 N–H and O–H groups in total. The summed E-state index contributed by atoms with van der Waals surface area (Å²) in [7, 11) is 0. The Balaban J connectivity index is 2.38. The topological polar surface area (TPSA) is 84.0 Å². The van der Waals surface area contributed by atoms with Gasteiger partial charge in [-0.2, -0.15) is 0 Å². The first kappa shape index (κ1) is 14.0. The molecule has 1 amide bonds. The Morgan fingerprint density at radius 1 is 1.35 bits per heavy atom. The van der Waals surface area contributed by atoms with Gasteiger partial charge in [0.1, 0.15) is 6.54 Å². The van der Waals surface area contributed by atoms with Crippen molar-refractivity contribution in [3.05, 3.63) is 45.1 Å². The van der Waals surface area contributed by atoms with Gasteiger partial charge in [-0.25, -0.2) is 4.79 Å². The summed E-state index contributed by atoms with van der Waals surface area (Å²) in [4.78, 5) is 38.5. The molecule has 0 aliphatic carbocycles. The molecule has 0 unspecified atom stereocenters. The molecule has 6 nitrogen and oxygen atoms in total. The lowest BCUT2D eigenvalue weighted by molar-refractivity contribution is -0.122. The van der Waals surface area contributed by atoms with Crippen LogP contribution in [0.15, 0.2) is 33.9 Å². The van der Waals surface area contributed by atoms with Crippen molar-refractivity contribution in [2.24, 2.45) is 0 Å². The van der Waals surface area contributed by atoms with Gasteiger partial charge in [0.05, 0.1) is 10.9 Å². The van der Waals surface area contributed by atoms with Gasteiger partial charge in [0.2, 0.25) is 5.91 Å². The summed E-state index contributed by atoms with van der Waals surface area (Å²) < 4.78 is 0.917. The highest BCUT2D eigenvalue weighted by Gasteiger charge is 2.12. The van der Waals surface area contributed by atoms with Crippen molar-refractivity contribution in [1.82, 2.24) is 14.9 Å². The standard InChI is InChI=1S/C14H17N3O3/c1-3-9(2)15-12(18)8-17-13(19)10-6-4-5-7-11(10)16-14(17)20/h4-7,9H,3,8H2,1-2H3,(H,15,18)(H,16,20)/t9-/m0/s1. The molecule has 106 valence electrons. The van der Waals surface area contributed by atoms with Gasteiger partial charge in [0.25, 0.3) is 5.56 Å². The van der Waals surface area contributed by atoms with E-state index in [1.807, 2.05) is 13.8 Å². The number of carbonyl (C=O) groups is 1. The van der Waals surface area contributed by atoms with Crippen LogP contribution in [-0.2, 0) is 11.3 Å². The number of aromatic amines is 1. The van der Waals surface area contributed by atoms with Crippen molar-refractivity contribution in [3.63, 3.8) is 0 Å². The maximum absolute atomic E-state index is 12.2. The molecule has 1 aromatic heterocycles. The molecule has 0 aliphatic rings. The van der Waals surface area contributed by atoms with Crippen molar-refractivity contribution in [3.8, 4) is 0 Å². The SMILES string of the molecule is CC[C@H](C)NC(=O)Cn1c(=O)[nH]c2ccccc2c1=O. The highest BCUT2D eigenvalue weighted by atomic mass is 16.2. The molecule has 0 bridgehead atoms. The number of aromatic nitrogens is 2. The fourth-order valence-corrected chi connectivity index (χ4v) is 1.91. The summed E-state index contributed by atoms with van der Waals surface area (Å²) >= 11 is 0. The van der Waals surface area contributed by atoms with Crippen LogP contribution in [-0.4, -0.2) is 21.5 Å². The zero-order valence-electron chi connectivity index (χ0n) is 11.5. The fraction of sp³-hybridized carbons (Fsp3) is 0.357. The number of amides is 1. The summed E-state index contributed by atoms with van der Waals surface area (Å²) in [6, 6.07) is 6.74. The van der Waals surface area contributed by atoms with E-state index in [1.54, 1.807) is 24.3 Å². The second-order valence-electron chi connectivity index (χ2n) is 4.74. The minimum absolute atomic E-state index is 0.0118. The van der Waals surface area contributed by atoms with Crippen molar-refractivity contribution in [1.29, 1.82) is 0 Å². The molecule has 20 heavy (non-hydrogen) atoms. The number of fused-ring (bicyclic) bond motifs is 1. The van der Waals surface area contributed by atoms with E-state index in [4.69, 9.17) is 0 Å². The van der Waals surface area contributed by atoms with Crippen molar-refractivity contribution in [2.75, 3.05) is 0 Å². The van der Waals surface area contributed by atoms with Crippen LogP contribution < -0.4 is 16.6 Å². The number of hydrogen-bond acceptors (Lipinski definition) is 3. The first-order valence-electron chi connectivity index (χ1n) is 6.54. The Kier molecular flexibility index (Phi) is 4.02. The largest absolute Gasteiger partial charge is 0.352 e. The number of benzene rings is 1. The smallest absolute Gasteiger partial charge is 0.329 e. The Hall–Kier alpha value is -2.37. The number of carbonyl (C=O) groups excluding carboxylic acids is 1. The molecule has 1 atom stereocenters. The van der Waals surface area contributed by atoms with Gasteiger partial charge in [0.15, 0.2) is 0 Å². The Morgan fingerprint density at radius 2 is 2.05 bits per heavy atom. The molecule has 0 radical (unpaired) electrons. The van der Waals surface area contributed by atoms with Gasteiger partial charge in [-0.05, 0) is 25.5 Å². The molecule has 0 aliphatic heterocycles. The zero-order chi connectivity index (χ0) is 14.7. The maximum Gasteiger partial charge on any atom is 0.329 e. The van der Waals surface area contributed by atoms with Crippen LogP contribution in [0.4, 0.5) is 0 Å². The molecule has 0 saturated carbocycles. The third kappa shape index (κ3) is 2.79. The molecule has 0 fully saturated rings. The fourth-order valence-electron chi connectivity index (χ4n) is 1.91. The van der Waals surface area contributed by atoms with Gasteiger partial charge in [0, 0.05) is 6.04 Å². The maximum atomic E-state index is 12.2. The Morgan fingerprint density at radius 3 is 2.75 bits per heavy atom. The van der Waals surface area contributed by atoms with Crippen molar-refractivity contribution in [2.45, 2.75) is 32.9 Å². The normalized spacial score (nSPS) is 12.3. The Labute approximate surface area is 115 Å². The van der Waals surface area contributed by atoms with Gasteiger partial charge in [-0.1, -0.05) is 19.1 Å². The molecule has 2 rings (SSSR count). The third-order valence-electron chi connectivity index (χ3n) is 3.21. The second-order valence-corrected chi connectivity index (χ2v) is 4.74. The number of nitrogens with one attached hydrogen (secondary N) is 2. The number of H-pyrrole nitrogens is 1. The number of hydrogen-bond donors (Lipinski definition) is 2. The van der Waals surface area contributed by atoms with Crippen molar-refractivity contribution < 1.29 is 4.79 Å². The van der Waals surface area contributed by atoms with Crippen LogP contribution in [0.1, 0.15) is 20.3 Å². The predicted octanol–water partition coefficient (Wildman–Crippen LogP) is 0.604. The van der Waals surface area contributed by atoms with Gasteiger partial charge < -0.3 is 10.3 Å². The van der Waals surface area contributed by atoms with E-state index in [2.05, 4.69) is 10.3 Å². The molecule has 1 heterocycles. The lowest BCUT2D eigenvalue weighted by Gasteiger charge is -2.12. The zero-order valence-corrected chi connectivity index (χ0v) is 11.5. The molecule has 2 aromatic rings. The van der Waals surface area contributed by atoms with E-state index < -0.39 is 11.2 Å². The summed E-state index contributed by atoms with van der Waals surface area (Å²) in [5, 5.41) is 3.12. The number of rotatable bonds is 4. The lowest BCUT2D eigenvalue weighted by atomic mass is 10.2. The third-order valence-corrected chi connectivity index (χ3v) is 3.21. The number of para-hydroxylation sites is 1. The molecular formula is C14H17N3O3. The van der Waals surface area contributed by atoms with E-state index in [0.717, 1.165) is 11.0 Å². The van der Waals surface area contributed by atoms with E-state index in [1.165, 1.54) is 0 Å². The van der Waals surface area contributed by atoms with E-state index in [0.29, 0.717) is 10.9 Å². The van der Waals surface area contributed by atoms with E-state index >= 15 is 0 Å². The minimum Gasteiger partial charge on any atom is -0.352 e. The molecule has 0 spiro atoms. The minimum atomic E-state index is -0.576. The number of nitrogens with zero attached hydrogens (tertiary/aromatic N) is 1. The van der Waals surface area contributed by atoms with Gasteiger partial charge in [-0.15, -0.1) is 0 Å². The van der Waals surface area contributed by atoms with Crippen LogP contribution >= 0.6 is 0 Å². The van der Waals surface area contributed by atoms with Crippen LogP contribution in [0.3, 0.4) is 0 Å². The quantitative estimate of drug-likeness (QED) is 0.857. The van der Waals surface area contributed by atoms with Crippen LogP contribution in [0, 0.1) is 0 Å². The van der Waals surface area contributed by atoms with Crippen LogP contribution in [0.25, 0.3) is 10.9 Å². The first-order valence-corrected chi connectivity index (χ1v) is 6.54. The average Bonchev–Trinajstić information content (AvgIpc) is 2.43. The van der Waals surface area contributed by atoms with Crippen molar-refractivity contribution >= 4 is 16.8 Å². The average molecular weight is 275 g/mol. The van der Waals surface area contributed by atoms with E-state index in [9.17, 15) is 14.4 Å². The monoisotopic (exact) mass is 275 g/mol. The summed E-state index contributed by atoms with van der Waals surface area (Å²) in [6.07, 6.45) is 0.786. The highest BCUT2D eigenvalue weighted by Crippen LogP contribution is 2.02. The lowest BCUT2D eigenvalue weighted by Crippen LogP contribution is -2.42. The van der Waals surface area contributed by atoms with Gasteiger partial charge >= 0.3 is 5.69 Å². The van der Waals surface area contributed by atoms with Gasteiger partial charge in [-0.3, -0.25) is 14.2 Å². The summed E-state index contributed by atoms with van der Waals surface area (Å²) in [5.41, 5.74) is -0.558. The Bertz CT molecular complexity index is 745. The molecule has 6 heteroatoms. The second kappa shape index (κ2) is 5.73.